The third-order valence-electron chi connectivity index (χ3n) is 5.50. The standard InChI is InChI=1S/C22H22N6O3/c1-22(6-7-22)18-11-19(27-31-18)26-21(29)28-8-5-14-9-16(3-4-17(14)28)30-20-10-15(12-23-2)24-13-25-20/h3-5,8-11,13,23H,6-7,12H2,1-2H3,(H,26,27,29). The van der Waals surface area contributed by atoms with E-state index in [1.165, 1.54) is 10.9 Å². The third-order valence-corrected chi connectivity index (χ3v) is 5.50. The first-order valence-corrected chi connectivity index (χ1v) is 10.1. The van der Waals surface area contributed by atoms with Crippen LogP contribution >= 0.6 is 0 Å². The molecule has 31 heavy (non-hydrogen) atoms. The van der Waals surface area contributed by atoms with E-state index in [-0.39, 0.29) is 11.4 Å². The SMILES string of the molecule is CNCc1cc(Oc2ccc3c(ccn3C(=O)Nc3cc(C4(C)CC4)on3)c2)ncn1. The van der Waals surface area contributed by atoms with Gasteiger partial charge in [0.25, 0.3) is 0 Å². The number of ether oxygens (including phenoxy) is 1. The van der Waals surface area contributed by atoms with Crippen molar-refractivity contribution in [3.8, 4) is 11.6 Å². The van der Waals surface area contributed by atoms with Crippen molar-refractivity contribution in [2.45, 2.75) is 31.7 Å². The van der Waals surface area contributed by atoms with E-state index in [4.69, 9.17) is 9.26 Å². The highest BCUT2D eigenvalue weighted by molar-refractivity contribution is 5.98. The van der Waals surface area contributed by atoms with E-state index in [9.17, 15) is 4.79 Å². The summed E-state index contributed by atoms with van der Waals surface area (Å²) in [6.45, 7) is 2.75. The Hall–Kier alpha value is -3.72. The Morgan fingerprint density at radius 1 is 1.23 bits per heavy atom. The highest BCUT2D eigenvalue weighted by atomic mass is 16.5. The fourth-order valence-corrected chi connectivity index (χ4v) is 3.41. The lowest BCUT2D eigenvalue weighted by Gasteiger charge is -2.07. The van der Waals surface area contributed by atoms with E-state index in [2.05, 4.69) is 32.7 Å². The van der Waals surface area contributed by atoms with Crippen molar-refractivity contribution in [2.24, 2.45) is 0 Å². The lowest BCUT2D eigenvalue weighted by atomic mass is 10.1. The van der Waals surface area contributed by atoms with Crippen LogP contribution in [0, 0.1) is 0 Å². The van der Waals surface area contributed by atoms with E-state index >= 15 is 0 Å². The largest absolute Gasteiger partial charge is 0.439 e. The summed E-state index contributed by atoms with van der Waals surface area (Å²) in [4.78, 5) is 21.1. The van der Waals surface area contributed by atoms with E-state index in [1.54, 1.807) is 24.4 Å². The topological polar surface area (TPSA) is 107 Å². The number of rotatable bonds is 6. The van der Waals surface area contributed by atoms with E-state index in [0.717, 1.165) is 35.2 Å². The predicted octanol–water partition coefficient (Wildman–Crippen LogP) is 4.06. The lowest BCUT2D eigenvalue weighted by molar-refractivity contribution is 0.254. The van der Waals surface area contributed by atoms with Crippen LogP contribution in [0.2, 0.25) is 0 Å². The minimum absolute atomic E-state index is 0.0595. The fourth-order valence-electron chi connectivity index (χ4n) is 3.41. The van der Waals surface area contributed by atoms with Crippen molar-refractivity contribution in [1.29, 1.82) is 0 Å². The summed E-state index contributed by atoms with van der Waals surface area (Å²) in [5, 5.41) is 10.7. The number of anilines is 1. The van der Waals surface area contributed by atoms with Crippen LogP contribution in [0.25, 0.3) is 10.9 Å². The van der Waals surface area contributed by atoms with Crippen molar-refractivity contribution in [1.82, 2.24) is 25.0 Å². The van der Waals surface area contributed by atoms with Crippen LogP contribution in [0.4, 0.5) is 10.6 Å². The highest BCUT2D eigenvalue weighted by Crippen LogP contribution is 2.48. The number of hydrogen-bond acceptors (Lipinski definition) is 7. The summed E-state index contributed by atoms with van der Waals surface area (Å²) in [7, 11) is 1.85. The Bertz CT molecular complexity index is 1260. The number of benzene rings is 1. The van der Waals surface area contributed by atoms with Gasteiger partial charge in [-0.1, -0.05) is 12.1 Å². The predicted molar refractivity (Wildman–Crippen MR) is 114 cm³/mol. The van der Waals surface area contributed by atoms with Gasteiger partial charge in [-0.15, -0.1) is 0 Å². The third kappa shape index (κ3) is 3.87. The molecule has 1 saturated carbocycles. The van der Waals surface area contributed by atoms with Crippen LogP contribution in [0.1, 0.15) is 31.2 Å². The molecule has 5 rings (SSSR count). The van der Waals surface area contributed by atoms with Crippen LogP contribution in [-0.4, -0.2) is 32.8 Å². The molecular weight excluding hydrogens is 396 g/mol. The number of amides is 1. The van der Waals surface area contributed by atoms with Crippen molar-refractivity contribution < 1.29 is 14.1 Å². The summed E-state index contributed by atoms with van der Waals surface area (Å²) in [6.07, 6.45) is 5.34. The molecule has 0 bridgehead atoms. The molecule has 2 N–H and O–H groups in total. The van der Waals surface area contributed by atoms with Gasteiger partial charge >= 0.3 is 6.03 Å². The quantitative estimate of drug-likeness (QED) is 0.486. The number of carbonyl (C=O) groups excluding carboxylic acids is 1. The van der Waals surface area contributed by atoms with Gasteiger partial charge in [0, 0.05) is 35.7 Å². The molecule has 1 fully saturated rings. The van der Waals surface area contributed by atoms with Gasteiger partial charge in [0.15, 0.2) is 5.82 Å². The Balaban J connectivity index is 1.32. The van der Waals surface area contributed by atoms with Crippen LogP contribution < -0.4 is 15.4 Å². The van der Waals surface area contributed by atoms with Gasteiger partial charge in [0.05, 0.1) is 11.2 Å². The number of aromatic nitrogens is 4. The number of nitrogens with one attached hydrogen (secondary N) is 2. The normalized spacial score (nSPS) is 14.5. The van der Waals surface area contributed by atoms with Crippen molar-refractivity contribution in [3.05, 3.63) is 60.4 Å². The van der Waals surface area contributed by atoms with E-state index in [1.807, 2.05) is 25.2 Å². The summed E-state index contributed by atoms with van der Waals surface area (Å²) in [5.74, 6) is 2.31. The Morgan fingerprint density at radius 3 is 2.90 bits per heavy atom. The first kappa shape index (κ1) is 19.3. The van der Waals surface area contributed by atoms with Gasteiger partial charge < -0.3 is 14.6 Å². The molecule has 4 aromatic rings. The summed E-state index contributed by atoms with van der Waals surface area (Å²) >= 11 is 0. The molecule has 0 spiro atoms. The second-order valence-corrected chi connectivity index (χ2v) is 7.95. The van der Waals surface area contributed by atoms with Gasteiger partial charge in [-0.3, -0.25) is 9.88 Å². The summed E-state index contributed by atoms with van der Waals surface area (Å²) in [6, 6.07) is 10.6. The molecular formula is C22H22N6O3. The second kappa shape index (κ2) is 7.51. The Kier molecular flexibility index (Phi) is 4.67. The smallest absolute Gasteiger partial charge is 0.331 e. The maximum atomic E-state index is 12.8. The molecule has 0 unspecified atom stereocenters. The molecule has 158 valence electrons. The molecule has 1 aliphatic rings. The molecule has 9 nitrogen and oxygen atoms in total. The summed E-state index contributed by atoms with van der Waals surface area (Å²) in [5.41, 5.74) is 1.65. The number of hydrogen-bond donors (Lipinski definition) is 2. The van der Waals surface area contributed by atoms with Gasteiger partial charge in [-0.2, -0.15) is 0 Å². The number of nitrogens with zero attached hydrogens (tertiary/aromatic N) is 4. The minimum Gasteiger partial charge on any atom is -0.439 e. The van der Waals surface area contributed by atoms with Crippen LogP contribution in [-0.2, 0) is 12.0 Å². The monoisotopic (exact) mass is 418 g/mol. The van der Waals surface area contributed by atoms with Gasteiger partial charge in [-0.25, -0.2) is 14.8 Å². The van der Waals surface area contributed by atoms with Crippen molar-refractivity contribution >= 4 is 22.8 Å². The second-order valence-electron chi connectivity index (χ2n) is 7.95. The summed E-state index contributed by atoms with van der Waals surface area (Å²) < 4.78 is 12.8. The van der Waals surface area contributed by atoms with Gasteiger partial charge in [-0.05, 0) is 44.2 Å². The minimum atomic E-state index is -0.308. The highest BCUT2D eigenvalue weighted by Gasteiger charge is 2.43. The van der Waals surface area contributed by atoms with Crippen LogP contribution in [0.5, 0.6) is 11.6 Å². The number of carbonyl (C=O) groups is 1. The van der Waals surface area contributed by atoms with Crippen molar-refractivity contribution in [2.75, 3.05) is 12.4 Å². The van der Waals surface area contributed by atoms with Gasteiger partial charge in [0.1, 0.15) is 17.8 Å². The van der Waals surface area contributed by atoms with Crippen LogP contribution in [0.15, 0.2) is 53.4 Å². The maximum Gasteiger partial charge on any atom is 0.331 e. The molecule has 0 aliphatic heterocycles. The maximum absolute atomic E-state index is 12.8. The lowest BCUT2D eigenvalue weighted by Crippen LogP contribution is -2.18. The molecule has 1 amide bonds. The zero-order valence-electron chi connectivity index (χ0n) is 17.3. The molecule has 1 aliphatic carbocycles. The first-order chi connectivity index (χ1) is 15.0. The molecule has 1 aromatic carbocycles. The van der Waals surface area contributed by atoms with E-state index in [0.29, 0.717) is 24.0 Å². The Morgan fingerprint density at radius 2 is 2.10 bits per heavy atom. The molecule has 0 atom stereocenters. The molecule has 3 aromatic heterocycles. The zero-order chi connectivity index (χ0) is 21.4. The Labute approximate surface area is 178 Å². The molecule has 0 radical (unpaired) electrons. The molecule has 0 saturated heterocycles. The molecule has 3 heterocycles. The van der Waals surface area contributed by atoms with Gasteiger partial charge in [0.2, 0.25) is 5.88 Å². The van der Waals surface area contributed by atoms with Crippen LogP contribution in [0.3, 0.4) is 0 Å². The zero-order valence-corrected chi connectivity index (χ0v) is 17.3. The van der Waals surface area contributed by atoms with Crippen molar-refractivity contribution in [3.63, 3.8) is 0 Å². The average molecular weight is 418 g/mol. The number of fused-ring (bicyclic) bond motifs is 1. The van der Waals surface area contributed by atoms with E-state index < -0.39 is 0 Å². The fraction of sp³-hybridized carbons (Fsp3) is 0.273. The molecule has 9 heteroatoms. The average Bonchev–Trinajstić information content (AvgIpc) is 3.15. The first-order valence-electron chi connectivity index (χ1n) is 10.1.